The molecule has 12 heavy (non-hydrogen) atoms. The Morgan fingerprint density at radius 3 is 2.83 bits per heavy atom. The highest BCUT2D eigenvalue weighted by atomic mass is 16.5. The first-order chi connectivity index (χ1) is 5.54. The van der Waals surface area contributed by atoms with Gasteiger partial charge in [0.2, 0.25) is 0 Å². The third kappa shape index (κ3) is 3.23. The predicted octanol–water partition coefficient (Wildman–Crippen LogP) is 0.611. The summed E-state index contributed by atoms with van der Waals surface area (Å²) in [6.07, 6.45) is 0. The summed E-state index contributed by atoms with van der Waals surface area (Å²) in [6.45, 7) is 2.73. The number of ether oxygens (including phenoxy) is 1. The molecule has 0 aliphatic heterocycles. The second kappa shape index (κ2) is 4.58. The van der Waals surface area contributed by atoms with Crippen LogP contribution in [0.4, 0.5) is 0 Å². The predicted molar refractivity (Wildman–Crippen MR) is 41.3 cm³/mol. The van der Waals surface area contributed by atoms with Crippen LogP contribution in [0.25, 0.3) is 10.4 Å². The smallest absolute Gasteiger partial charge is 0.337 e. The maximum Gasteiger partial charge on any atom is 0.337 e. The lowest BCUT2D eigenvalue weighted by atomic mass is 10.1. The van der Waals surface area contributed by atoms with Crippen molar-refractivity contribution in [1.82, 2.24) is 0 Å². The molecule has 0 amide bonds. The first-order valence-electron chi connectivity index (χ1n) is 3.45. The molecular weight excluding hydrogens is 162 g/mol. The fourth-order valence-electron chi connectivity index (χ4n) is 0.520. The van der Waals surface area contributed by atoms with E-state index in [1.54, 1.807) is 6.92 Å². The van der Waals surface area contributed by atoms with Gasteiger partial charge in [-0.15, -0.1) is 0 Å². The number of hydrogen-bond acceptors (Lipinski definition) is 4. The summed E-state index contributed by atoms with van der Waals surface area (Å²) in [7, 11) is 0. The van der Waals surface area contributed by atoms with Gasteiger partial charge in [-0.2, -0.15) is 0 Å². The minimum atomic E-state index is -1.72. The standard InChI is InChI=1S/C6H11N3O3/c1-3-12-5(10)6(2,11)4-8-9-7/h11H,3-4H2,1-2H3. The summed E-state index contributed by atoms with van der Waals surface area (Å²) < 4.78 is 4.53. The lowest BCUT2D eigenvalue weighted by molar-refractivity contribution is -0.161. The van der Waals surface area contributed by atoms with Gasteiger partial charge in [0, 0.05) is 4.91 Å². The number of carbonyl (C=O) groups is 1. The lowest BCUT2D eigenvalue weighted by Gasteiger charge is -2.17. The molecule has 6 nitrogen and oxygen atoms in total. The molecule has 0 aromatic carbocycles. The van der Waals surface area contributed by atoms with E-state index < -0.39 is 11.6 Å². The van der Waals surface area contributed by atoms with E-state index in [1.807, 2.05) is 0 Å². The molecule has 0 bridgehead atoms. The van der Waals surface area contributed by atoms with E-state index in [4.69, 9.17) is 5.53 Å². The van der Waals surface area contributed by atoms with Gasteiger partial charge in [-0.3, -0.25) is 0 Å². The molecule has 6 heteroatoms. The van der Waals surface area contributed by atoms with Crippen molar-refractivity contribution < 1.29 is 14.6 Å². The summed E-state index contributed by atoms with van der Waals surface area (Å²) >= 11 is 0. The van der Waals surface area contributed by atoms with E-state index in [1.165, 1.54) is 6.92 Å². The van der Waals surface area contributed by atoms with Crippen molar-refractivity contribution >= 4 is 5.97 Å². The number of esters is 1. The average molecular weight is 173 g/mol. The van der Waals surface area contributed by atoms with Crippen LogP contribution in [0, 0.1) is 0 Å². The third-order valence-corrected chi connectivity index (χ3v) is 1.16. The van der Waals surface area contributed by atoms with E-state index in [2.05, 4.69) is 14.8 Å². The van der Waals surface area contributed by atoms with Gasteiger partial charge in [0.1, 0.15) is 0 Å². The number of aliphatic hydroxyl groups is 1. The van der Waals surface area contributed by atoms with Crippen LogP contribution < -0.4 is 0 Å². The second-order valence-electron chi connectivity index (χ2n) is 2.38. The largest absolute Gasteiger partial charge is 0.464 e. The van der Waals surface area contributed by atoms with Crippen LogP contribution in [0.15, 0.2) is 5.11 Å². The maximum absolute atomic E-state index is 10.9. The maximum atomic E-state index is 10.9. The van der Waals surface area contributed by atoms with Crippen molar-refractivity contribution in [2.45, 2.75) is 19.4 Å². The summed E-state index contributed by atoms with van der Waals surface area (Å²) in [4.78, 5) is 13.3. The first-order valence-corrected chi connectivity index (χ1v) is 3.45. The first kappa shape index (κ1) is 10.7. The molecule has 1 unspecified atom stereocenters. The molecule has 0 saturated carbocycles. The van der Waals surface area contributed by atoms with E-state index in [9.17, 15) is 9.90 Å². The zero-order valence-electron chi connectivity index (χ0n) is 7.02. The summed E-state index contributed by atoms with van der Waals surface area (Å²) in [6, 6.07) is 0. The van der Waals surface area contributed by atoms with Gasteiger partial charge >= 0.3 is 5.97 Å². The zero-order valence-corrected chi connectivity index (χ0v) is 7.02. The molecule has 0 aromatic rings. The number of nitrogens with zero attached hydrogens (tertiary/aromatic N) is 3. The molecule has 0 aliphatic rings. The van der Waals surface area contributed by atoms with Crippen molar-refractivity contribution in [3.8, 4) is 0 Å². The Balaban J connectivity index is 4.17. The monoisotopic (exact) mass is 173 g/mol. The Labute approximate surface area is 69.8 Å². The molecule has 1 N–H and O–H groups in total. The quantitative estimate of drug-likeness (QED) is 0.292. The molecule has 1 atom stereocenters. The van der Waals surface area contributed by atoms with Gasteiger partial charge < -0.3 is 9.84 Å². The lowest BCUT2D eigenvalue weighted by Crippen LogP contribution is -2.39. The molecule has 0 saturated heterocycles. The van der Waals surface area contributed by atoms with Gasteiger partial charge in [0.25, 0.3) is 0 Å². The fourth-order valence-corrected chi connectivity index (χ4v) is 0.520. The van der Waals surface area contributed by atoms with Crippen LogP contribution in [0.5, 0.6) is 0 Å². The highest BCUT2D eigenvalue weighted by Crippen LogP contribution is 2.06. The van der Waals surface area contributed by atoms with Gasteiger partial charge in [0.15, 0.2) is 5.60 Å². The Morgan fingerprint density at radius 2 is 2.42 bits per heavy atom. The van der Waals surface area contributed by atoms with Crippen molar-refractivity contribution in [2.75, 3.05) is 13.2 Å². The third-order valence-electron chi connectivity index (χ3n) is 1.16. The summed E-state index contributed by atoms with van der Waals surface area (Å²) in [5.74, 6) is -0.780. The van der Waals surface area contributed by atoms with Gasteiger partial charge in [-0.1, -0.05) is 5.11 Å². The fraction of sp³-hybridized carbons (Fsp3) is 0.833. The molecule has 0 spiro atoms. The molecule has 0 heterocycles. The van der Waals surface area contributed by atoms with Crippen molar-refractivity contribution in [2.24, 2.45) is 5.11 Å². The Bertz CT molecular complexity index is 208. The van der Waals surface area contributed by atoms with Crippen molar-refractivity contribution in [1.29, 1.82) is 0 Å². The summed E-state index contributed by atoms with van der Waals surface area (Å²) in [5, 5.41) is 12.4. The highest BCUT2D eigenvalue weighted by Gasteiger charge is 2.30. The minimum absolute atomic E-state index is 0.186. The van der Waals surface area contributed by atoms with E-state index in [0.29, 0.717) is 0 Å². The van der Waals surface area contributed by atoms with Crippen LogP contribution in [0.2, 0.25) is 0 Å². The molecule has 0 aromatic heterocycles. The van der Waals surface area contributed by atoms with Crippen LogP contribution >= 0.6 is 0 Å². The highest BCUT2D eigenvalue weighted by molar-refractivity contribution is 5.79. The van der Waals surface area contributed by atoms with Crippen molar-refractivity contribution in [3.05, 3.63) is 10.4 Å². The molecule has 0 aliphatic carbocycles. The van der Waals surface area contributed by atoms with E-state index >= 15 is 0 Å². The second-order valence-corrected chi connectivity index (χ2v) is 2.38. The Hall–Kier alpha value is -1.26. The molecule has 0 rings (SSSR count). The van der Waals surface area contributed by atoms with Crippen LogP contribution in [-0.2, 0) is 9.53 Å². The molecule has 68 valence electrons. The number of azide groups is 1. The van der Waals surface area contributed by atoms with Gasteiger partial charge in [-0.25, -0.2) is 4.79 Å². The molecule has 0 radical (unpaired) electrons. The molecule has 0 fully saturated rings. The van der Waals surface area contributed by atoms with Crippen LogP contribution in [0.3, 0.4) is 0 Å². The van der Waals surface area contributed by atoms with Gasteiger partial charge in [0.05, 0.1) is 13.2 Å². The van der Waals surface area contributed by atoms with Crippen LogP contribution in [0.1, 0.15) is 13.8 Å². The number of hydrogen-bond donors (Lipinski definition) is 1. The number of carbonyl (C=O) groups excluding carboxylic acids is 1. The van der Waals surface area contributed by atoms with Crippen LogP contribution in [-0.4, -0.2) is 29.8 Å². The topological polar surface area (TPSA) is 95.3 Å². The van der Waals surface area contributed by atoms with Crippen molar-refractivity contribution in [3.63, 3.8) is 0 Å². The molecular formula is C6H11N3O3. The average Bonchev–Trinajstić information content (AvgIpc) is 2.01. The normalized spacial score (nSPS) is 14.2. The Morgan fingerprint density at radius 1 is 1.83 bits per heavy atom. The van der Waals surface area contributed by atoms with E-state index in [0.717, 1.165) is 0 Å². The zero-order chi connectivity index (χ0) is 9.61. The summed E-state index contributed by atoms with van der Waals surface area (Å²) in [5.41, 5.74) is 6.22. The van der Waals surface area contributed by atoms with Gasteiger partial charge in [-0.05, 0) is 19.4 Å². The Kier molecular flexibility index (Phi) is 4.10. The number of rotatable bonds is 4. The van der Waals surface area contributed by atoms with E-state index in [-0.39, 0.29) is 13.2 Å². The SMILES string of the molecule is CCOC(=O)C(C)(O)CN=[N+]=[N-]. The minimum Gasteiger partial charge on any atom is -0.464 e.